The molecule has 1 aliphatic carbocycles. The van der Waals surface area contributed by atoms with Gasteiger partial charge in [0, 0.05) is 18.5 Å². The number of hydrogen-bond acceptors (Lipinski definition) is 2. The molecule has 0 aromatic heterocycles. The summed E-state index contributed by atoms with van der Waals surface area (Å²) in [6.45, 7) is 9.83. The standard InChI is InChI=1S/C16H30N2O/c1-13(2)18-10-6-14(7-11-18)15(19)17-12-16(3)8-4-5-9-16/h13-14H,4-12H2,1-3H3,(H,17,19). The zero-order valence-corrected chi connectivity index (χ0v) is 12.9. The molecule has 1 amide bonds. The highest BCUT2D eigenvalue weighted by atomic mass is 16.1. The second kappa shape index (κ2) is 6.25. The fourth-order valence-electron chi connectivity index (χ4n) is 3.53. The molecule has 0 aromatic carbocycles. The van der Waals surface area contributed by atoms with Crippen LogP contribution in [0.3, 0.4) is 0 Å². The van der Waals surface area contributed by atoms with Gasteiger partial charge in [-0.2, -0.15) is 0 Å². The summed E-state index contributed by atoms with van der Waals surface area (Å²) in [4.78, 5) is 14.7. The van der Waals surface area contributed by atoms with Gasteiger partial charge in [0.2, 0.25) is 5.91 Å². The Bertz CT molecular complexity index is 300. The molecule has 3 nitrogen and oxygen atoms in total. The van der Waals surface area contributed by atoms with Crippen LogP contribution in [0.4, 0.5) is 0 Å². The number of carbonyl (C=O) groups excluding carboxylic acids is 1. The highest BCUT2D eigenvalue weighted by Gasteiger charge is 2.31. The molecule has 1 saturated carbocycles. The molecular weight excluding hydrogens is 236 g/mol. The Kier molecular flexibility index (Phi) is 4.88. The minimum atomic E-state index is 0.250. The van der Waals surface area contributed by atoms with Crippen molar-refractivity contribution in [1.82, 2.24) is 10.2 Å². The van der Waals surface area contributed by atoms with E-state index in [2.05, 4.69) is 31.0 Å². The van der Waals surface area contributed by atoms with E-state index < -0.39 is 0 Å². The normalized spacial score (nSPS) is 24.8. The van der Waals surface area contributed by atoms with E-state index in [0.29, 0.717) is 17.4 Å². The summed E-state index contributed by atoms with van der Waals surface area (Å²) in [7, 11) is 0. The molecule has 1 saturated heterocycles. The molecule has 2 aliphatic rings. The Morgan fingerprint density at radius 2 is 1.84 bits per heavy atom. The van der Waals surface area contributed by atoms with Crippen LogP contribution in [0, 0.1) is 11.3 Å². The van der Waals surface area contributed by atoms with E-state index in [1.165, 1.54) is 25.7 Å². The van der Waals surface area contributed by atoms with Gasteiger partial charge < -0.3 is 10.2 Å². The predicted molar refractivity (Wildman–Crippen MR) is 79.0 cm³/mol. The molecule has 0 aromatic rings. The molecular formula is C16H30N2O. The van der Waals surface area contributed by atoms with Crippen LogP contribution >= 0.6 is 0 Å². The van der Waals surface area contributed by atoms with Crippen LogP contribution in [-0.4, -0.2) is 36.5 Å². The third-order valence-corrected chi connectivity index (χ3v) is 5.13. The molecule has 0 radical (unpaired) electrons. The number of nitrogens with zero attached hydrogens (tertiary/aromatic N) is 1. The van der Waals surface area contributed by atoms with Crippen molar-refractivity contribution in [3.8, 4) is 0 Å². The first-order valence-corrected chi connectivity index (χ1v) is 8.02. The number of carbonyl (C=O) groups is 1. The van der Waals surface area contributed by atoms with E-state index in [0.717, 1.165) is 32.5 Å². The van der Waals surface area contributed by atoms with E-state index in [1.807, 2.05) is 0 Å². The average Bonchev–Trinajstić information content (AvgIpc) is 2.83. The summed E-state index contributed by atoms with van der Waals surface area (Å²) in [5.41, 5.74) is 0.369. The van der Waals surface area contributed by atoms with Gasteiger partial charge >= 0.3 is 0 Å². The Morgan fingerprint density at radius 3 is 2.37 bits per heavy atom. The lowest BCUT2D eigenvalue weighted by atomic mass is 9.88. The van der Waals surface area contributed by atoms with E-state index >= 15 is 0 Å². The topological polar surface area (TPSA) is 32.3 Å². The highest BCUT2D eigenvalue weighted by molar-refractivity contribution is 5.78. The van der Waals surface area contributed by atoms with Crippen LogP contribution in [-0.2, 0) is 4.79 Å². The summed E-state index contributed by atoms with van der Waals surface area (Å²) in [6.07, 6.45) is 7.28. The number of piperidine rings is 1. The Labute approximate surface area is 118 Å². The van der Waals surface area contributed by atoms with Crippen LogP contribution in [0.2, 0.25) is 0 Å². The van der Waals surface area contributed by atoms with Crippen molar-refractivity contribution in [1.29, 1.82) is 0 Å². The first kappa shape index (κ1) is 14.8. The lowest BCUT2D eigenvalue weighted by Gasteiger charge is -2.34. The lowest BCUT2D eigenvalue weighted by Crippen LogP contribution is -2.44. The molecule has 110 valence electrons. The van der Waals surface area contributed by atoms with Gasteiger partial charge in [0.25, 0.3) is 0 Å². The molecule has 1 heterocycles. The Balaban J connectivity index is 1.72. The molecule has 2 fully saturated rings. The SMILES string of the molecule is CC(C)N1CCC(C(=O)NCC2(C)CCCC2)CC1. The zero-order chi connectivity index (χ0) is 13.9. The van der Waals surface area contributed by atoms with Crippen molar-refractivity contribution in [2.75, 3.05) is 19.6 Å². The van der Waals surface area contributed by atoms with E-state index in [-0.39, 0.29) is 5.92 Å². The molecule has 0 spiro atoms. The van der Waals surface area contributed by atoms with Gasteiger partial charge in [-0.05, 0) is 58.0 Å². The van der Waals surface area contributed by atoms with Crippen molar-refractivity contribution in [3.63, 3.8) is 0 Å². The van der Waals surface area contributed by atoms with Gasteiger partial charge in [-0.25, -0.2) is 0 Å². The predicted octanol–water partition coefficient (Wildman–Crippen LogP) is 2.80. The quantitative estimate of drug-likeness (QED) is 0.848. The largest absolute Gasteiger partial charge is 0.355 e. The fraction of sp³-hybridized carbons (Fsp3) is 0.938. The van der Waals surface area contributed by atoms with E-state index in [1.54, 1.807) is 0 Å². The van der Waals surface area contributed by atoms with Gasteiger partial charge in [0.05, 0.1) is 0 Å². The molecule has 0 unspecified atom stereocenters. The maximum atomic E-state index is 12.2. The van der Waals surface area contributed by atoms with Gasteiger partial charge in [-0.15, -0.1) is 0 Å². The number of likely N-dealkylation sites (tertiary alicyclic amines) is 1. The first-order valence-electron chi connectivity index (χ1n) is 8.02. The summed E-state index contributed by atoms with van der Waals surface area (Å²) < 4.78 is 0. The van der Waals surface area contributed by atoms with Crippen LogP contribution < -0.4 is 5.32 Å². The first-order chi connectivity index (χ1) is 9.00. The minimum Gasteiger partial charge on any atom is -0.355 e. The number of amides is 1. The van der Waals surface area contributed by atoms with Gasteiger partial charge in [-0.3, -0.25) is 4.79 Å². The van der Waals surface area contributed by atoms with Crippen LogP contribution in [0.5, 0.6) is 0 Å². The number of rotatable bonds is 4. The maximum absolute atomic E-state index is 12.2. The Hall–Kier alpha value is -0.570. The van der Waals surface area contributed by atoms with E-state index in [4.69, 9.17) is 0 Å². The van der Waals surface area contributed by atoms with Crippen LogP contribution in [0.1, 0.15) is 59.3 Å². The van der Waals surface area contributed by atoms with Gasteiger partial charge in [0.15, 0.2) is 0 Å². The third-order valence-electron chi connectivity index (χ3n) is 5.13. The molecule has 0 atom stereocenters. The lowest BCUT2D eigenvalue weighted by molar-refractivity contribution is -0.127. The van der Waals surface area contributed by atoms with Crippen molar-refractivity contribution < 1.29 is 4.79 Å². The van der Waals surface area contributed by atoms with Crippen LogP contribution in [0.15, 0.2) is 0 Å². The summed E-state index contributed by atoms with van der Waals surface area (Å²) in [5.74, 6) is 0.552. The number of nitrogens with one attached hydrogen (secondary N) is 1. The molecule has 0 bridgehead atoms. The second-order valence-corrected chi connectivity index (χ2v) is 7.14. The summed E-state index contributed by atoms with van der Waals surface area (Å²) >= 11 is 0. The number of hydrogen-bond donors (Lipinski definition) is 1. The van der Waals surface area contributed by atoms with Crippen molar-refractivity contribution in [2.45, 2.75) is 65.3 Å². The van der Waals surface area contributed by atoms with Crippen LogP contribution in [0.25, 0.3) is 0 Å². The van der Waals surface area contributed by atoms with Crippen molar-refractivity contribution >= 4 is 5.91 Å². The van der Waals surface area contributed by atoms with Crippen molar-refractivity contribution in [2.24, 2.45) is 11.3 Å². The maximum Gasteiger partial charge on any atom is 0.223 e. The zero-order valence-electron chi connectivity index (χ0n) is 12.9. The third kappa shape index (κ3) is 3.95. The highest BCUT2D eigenvalue weighted by Crippen LogP contribution is 2.36. The second-order valence-electron chi connectivity index (χ2n) is 7.14. The molecule has 2 rings (SSSR count). The van der Waals surface area contributed by atoms with E-state index in [9.17, 15) is 4.79 Å². The smallest absolute Gasteiger partial charge is 0.223 e. The fourth-order valence-corrected chi connectivity index (χ4v) is 3.53. The summed E-state index contributed by atoms with van der Waals surface area (Å²) in [6, 6.07) is 0.612. The average molecular weight is 266 g/mol. The van der Waals surface area contributed by atoms with Gasteiger partial charge in [-0.1, -0.05) is 19.8 Å². The Morgan fingerprint density at radius 1 is 1.26 bits per heavy atom. The molecule has 19 heavy (non-hydrogen) atoms. The molecule has 1 N–H and O–H groups in total. The summed E-state index contributed by atoms with van der Waals surface area (Å²) in [5, 5.41) is 3.22. The monoisotopic (exact) mass is 266 g/mol. The molecule has 1 aliphatic heterocycles. The van der Waals surface area contributed by atoms with Crippen molar-refractivity contribution in [3.05, 3.63) is 0 Å². The van der Waals surface area contributed by atoms with Gasteiger partial charge in [0.1, 0.15) is 0 Å². The molecule has 3 heteroatoms. The minimum absolute atomic E-state index is 0.250.